The van der Waals surface area contributed by atoms with Crippen LogP contribution in [-0.2, 0) is 6.18 Å². The highest BCUT2D eigenvalue weighted by Crippen LogP contribution is 2.30. The Balaban J connectivity index is 1.92. The lowest BCUT2D eigenvalue weighted by molar-refractivity contribution is -0.137. The maximum Gasteiger partial charge on any atom is 0.416 e. The summed E-state index contributed by atoms with van der Waals surface area (Å²) in [6.07, 6.45) is -4.53. The number of halogens is 3. The van der Waals surface area contributed by atoms with E-state index in [0.29, 0.717) is 0 Å². The summed E-state index contributed by atoms with van der Waals surface area (Å²) < 4.78 is 37.7. The summed E-state index contributed by atoms with van der Waals surface area (Å²) in [5, 5.41) is 11.3. The van der Waals surface area contributed by atoms with Gasteiger partial charge in [0.1, 0.15) is 5.75 Å². The number of carbonyl (C=O) groups is 2. The second kappa shape index (κ2) is 6.90. The first-order valence-electron chi connectivity index (χ1n) is 6.59. The zero-order valence-electron chi connectivity index (χ0n) is 12.0. The summed E-state index contributed by atoms with van der Waals surface area (Å²) in [6, 6.07) is 8.38. The first-order chi connectivity index (χ1) is 11.3. The van der Waals surface area contributed by atoms with E-state index in [2.05, 4.69) is 10.7 Å². The van der Waals surface area contributed by atoms with Crippen molar-refractivity contribution in [2.24, 2.45) is 0 Å². The number of hydrogen-bond acceptors (Lipinski definition) is 3. The van der Waals surface area contributed by atoms with Crippen LogP contribution in [-0.4, -0.2) is 17.0 Å². The van der Waals surface area contributed by atoms with E-state index in [1.807, 2.05) is 5.43 Å². The standard InChI is InChI=1S/C15H12F3N3O3/c16-15(17,18)10-2-1-3-11(8-10)19-14(24)21-20-13(23)9-4-6-12(22)7-5-9/h1-8,22H,(H,20,23)(H2,19,21,24). The summed E-state index contributed by atoms with van der Waals surface area (Å²) in [4.78, 5) is 23.3. The minimum Gasteiger partial charge on any atom is -0.508 e. The molecule has 0 aliphatic carbocycles. The van der Waals surface area contributed by atoms with Crippen LogP contribution >= 0.6 is 0 Å². The second-order valence-corrected chi connectivity index (χ2v) is 4.66. The number of rotatable bonds is 2. The normalized spacial score (nSPS) is 10.8. The Kier molecular flexibility index (Phi) is 4.93. The number of carbonyl (C=O) groups excluding carboxylic acids is 2. The molecule has 126 valence electrons. The third-order valence-electron chi connectivity index (χ3n) is 2.87. The highest BCUT2D eigenvalue weighted by atomic mass is 19.4. The van der Waals surface area contributed by atoms with Gasteiger partial charge in [-0.2, -0.15) is 13.2 Å². The third kappa shape index (κ3) is 4.63. The van der Waals surface area contributed by atoms with Gasteiger partial charge in [0, 0.05) is 11.3 Å². The Labute approximate surface area is 134 Å². The Hall–Kier alpha value is -3.23. The lowest BCUT2D eigenvalue weighted by Gasteiger charge is -2.11. The van der Waals surface area contributed by atoms with Crippen molar-refractivity contribution in [3.05, 3.63) is 59.7 Å². The van der Waals surface area contributed by atoms with Crippen LogP contribution in [0.4, 0.5) is 23.7 Å². The van der Waals surface area contributed by atoms with Gasteiger partial charge in [-0.15, -0.1) is 0 Å². The third-order valence-corrected chi connectivity index (χ3v) is 2.87. The van der Waals surface area contributed by atoms with Gasteiger partial charge in [0.15, 0.2) is 0 Å². The van der Waals surface area contributed by atoms with Gasteiger partial charge in [0.05, 0.1) is 5.56 Å². The first kappa shape index (κ1) is 17.1. The number of hydrogen-bond donors (Lipinski definition) is 4. The predicted molar refractivity (Wildman–Crippen MR) is 79.2 cm³/mol. The molecule has 0 aromatic heterocycles. The Morgan fingerprint density at radius 3 is 2.25 bits per heavy atom. The predicted octanol–water partition coefficient (Wildman–Crippen LogP) is 2.88. The van der Waals surface area contributed by atoms with Crippen LogP contribution in [0.2, 0.25) is 0 Å². The van der Waals surface area contributed by atoms with Crippen molar-refractivity contribution in [3.8, 4) is 5.75 Å². The molecule has 0 aliphatic heterocycles. The molecular weight excluding hydrogens is 327 g/mol. The lowest BCUT2D eigenvalue weighted by Crippen LogP contribution is -2.43. The number of nitrogens with one attached hydrogen (secondary N) is 3. The number of aromatic hydroxyl groups is 1. The number of phenolic OH excluding ortho intramolecular Hbond substituents is 1. The van der Waals surface area contributed by atoms with Crippen LogP contribution in [0, 0.1) is 0 Å². The molecule has 2 aromatic carbocycles. The summed E-state index contributed by atoms with van der Waals surface area (Å²) in [7, 11) is 0. The molecule has 9 heteroatoms. The van der Waals surface area contributed by atoms with E-state index in [0.717, 1.165) is 18.2 Å². The largest absolute Gasteiger partial charge is 0.508 e. The molecule has 0 atom stereocenters. The van der Waals surface area contributed by atoms with Gasteiger partial charge in [-0.05, 0) is 42.5 Å². The molecule has 0 unspecified atom stereocenters. The van der Waals surface area contributed by atoms with E-state index in [9.17, 15) is 22.8 Å². The van der Waals surface area contributed by atoms with Crippen LogP contribution in [0.1, 0.15) is 15.9 Å². The van der Waals surface area contributed by atoms with Crippen molar-refractivity contribution in [3.63, 3.8) is 0 Å². The fourth-order valence-electron chi connectivity index (χ4n) is 1.73. The van der Waals surface area contributed by atoms with Crippen LogP contribution < -0.4 is 16.2 Å². The fourth-order valence-corrected chi connectivity index (χ4v) is 1.73. The molecule has 3 amide bonds. The molecule has 0 saturated carbocycles. The molecule has 0 aliphatic rings. The molecule has 2 aromatic rings. The van der Waals surface area contributed by atoms with Crippen LogP contribution in [0.3, 0.4) is 0 Å². The van der Waals surface area contributed by atoms with E-state index in [1.165, 1.54) is 30.3 Å². The molecule has 2 rings (SSSR count). The van der Waals surface area contributed by atoms with E-state index in [-0.39, 0.29) is 17.0 Å². The smallest absolute Gasteiger partial charge is 0.416 e. The van der Waals surface area contributed by atoms with Gasteiger partial charge in [0.2, 0.25) is 0 Å². The van der Waals surface area contributed by atoms with E-state index in [1.54, 1.807) is 0 Å². The highest BCUT2D eigenvalue weighted by molar-refractivity contribution is 5.97. The van der Waals surface area contributed by atoms with E-state index in [4.69, 9.17) is 5.11 Å². The lowest BCUT2D eigenvalue weighted by atomic mass is 10.2. The number of amides is 3. The SMILES string of the molecule is O=C(NNC(=O)c1ccc(O)cc1)Nc1cccc(C(F)(F)F)c1. The van der Waals surface area contributed by atoms with Crippen molar-refractivity contribution in [1.29, 1.82) is 0 Å². The Morgan fingerprint density at radius 1 is 0.958 bits per heavy atom. The molecule has 6 nitrogen and oxygen atoms in total. The van der Waals surface area contributed by atoms with Gasteiger partial charge >= 0.3 is 12.2 Å². The number of phenols is 1. The van der Waals surface area contributed by atoms with Gasteiger partial charge in [-0.25, -0.2) is 10.2 Å². The minimum atomic E-state index is -4.53. The topological polar surface area (TPSA) is 90.5 Å². The van der Waals surface area contributed by atoms with Gasteiger partial charge in [-0.3, -0.25) is 10.2 Å². The van der Waals surface area contributed by atoms with Crippen molar-refractivity contribution in [1.82, 2.24) is 10.9 Å². The molecule has 4 N–H and O–H groups in total. The zero-order valence-corrected chi connectivity index (χ0v) is 12.0. The number of alkyl halides is 3. The first-order valence-corrected chi connectivity index (χ1v) is 6.59. The van der Waals surface area contributed by atoms with E-state index < -0.39 is 23.7 Å². The molecule has 0 bridgehead atoms. The van der Waals surface area contributed by atoms with Crippen molar-refractivity contribution >= 4 is 17.6 Å². The van der Waals surface area contributed by atoms with Gasteiger partial charge in [0.25, 0.3) is 5.91 Å². The Morgan fingerprint density at radius 2 is 1.62 bits per heavy atom. The molecule has 0 fully saturated rings. The molecule has 0 spiro atoms. The zero-order chi connectivity index (χ0) is 17.7. The summed E-state index contributed by atoms with van der Waals surface area (Å²) in [6.45, 7) is 0. The molecular formula is C15H12F3N3O3. The molecule has 0 heterocycles. The van der Waals surface area contributed by atoms with Crippen molar-refractivity contribution in [2.75, 3.05) is 5.32 Å². The maximum atomic E-state index is 12.6. The molecule has 24 heavy (non-hydrogen) atoms. The summed E-state index contributed by atoms with van der Waals surface area (Å²) in [5.74, 6) is -0.684. The van der Waals surface area contributed by atoms with Crippen LogP contribution in [0.5, 0.6) is 5.75 Å². The van der Waals surface area contributed by atoms with Crippen LogP contribution in [0.15, 0.2) is 48.5 Å². The monoisotopic (exact) mass is 339 g/mol. The molecule has 0 saturated heterocycles. The van der Waals surface area contributed by atoms with Gasteiger partial charge < -0.3 is 10.4 Å². The number of anilines is 1. The maximum absolute atomic E-state index is 12.6. The summed E-state index contributed by atoms with van der Waals surface area (Å²) >= 11 is 0. The second-order valence-electron chi connectivity index (χ2n) is 4.66. The fraction of sp³-hybridized carbons (Fsp3) is 0.0667. The summed E-state index contributed by atoms with van der Waals surface area (Å²) in [5.41, 5.74) is 3.27. The number of hydrazine groups is 1. The average molecular weight is 339 g/mol. The highest BCUT2D eigenvalue weighted by Gasteiger charge is 2.30. The quantitative estimate of drug-likeness (QED) is 0.634. The van der Waals surface area contributed by atoms with Gasteiger partial charge in [-0.1, -0.05) is 6.07 Å². The Bertz CT molecular complexity index is 746. The average Bonchev–Trinajstić information content (AvgIpc) is 2.53. The minimum absolute atomic E-state index is 0.0261. The van der Waals surface area contributed by atoms with Crippen molar-refractivity contribution in [2.45, 2.75) is 6.18 Å². The van der Waals surface area contributed by atoms with Crippen molar-refractivity contribution < 1.29 is 27.9 Å². The number of urea groups is 1. The van der Waals surface area contributed by atoms with Crippen LogP contribution in [0.25, 0.3) is 0 Å². The van der Waals surface area contributed by atoms with E-state index >= 15 is 0 Å². The number of benzene rings is 2. The molecule has 0 radical (unpaired) electrons.